The van der Waals surface area contributed by atoms with Gasteiger partial charge in [0, 0.05) is 0 Å². The molecule has 0 amide bonds. The first-order chi connectivity index (χ1) is 6.38. The van der Waals surface area contributed by atoms with E-state index < -0.39 is 0 Å². The van der Waals surface area contributed by atoms with Crippen LogP contribution in [-0.2, 0) is 0 Å². The van der Waals surface area contributed by atoms with Crippen LogP contribution in [0.25, 0.3) is 6.08 Å². The molecule has 0 radical (unpaired) electrons. The molecule has 70 valence electrons. The highest BCUT2D eigenvalue weighted by Crippen LogP contribution is 2.26. The topological polar surface area (TPSA) is 20.2 Å². The highest BCUT2D eigenvalue weighted by Gasteiger charge is 2.11. The largest absolute Gasteiger partial charge is 0.388 e. The average molecular weight is 176 g/mol. The van der Waals surface area contributed by atoms with Gasteiger partial charge >= 0.3 is 0 Å². The molecule has 1 aromatic carbocycles. The Morgan fingerprint density at radius 1 is 1.23 bits per heavy atom. The van der Waals surface area contributed by atoms with Gasteiger partial charge in [0.2, 0.25) is 0 Å². The maximum Gasteiger partial charge on any atom is 0.0830 e. The van der Waals surface area contributed by atoms with Gasteiger partial charge in [0.15, 0.2) is 0 Å². The molecule has 1 N–H and O–H groups in total. The molecule has 0 aliphatic heterocycles. The van der Waals surface area contributed by atoms with Crippen molar-refractivity contribution in [2.45, 2.75) is 26.4 Å². The maximum atomic E-state index is 9.51. The normalized spacial score (nSPS) is 18.5. The Balaban J connectivity index is 0.000000396. The molecule has 13 heavy (non-hydrogen) atoms. The highest BCUT2D eigenvalue weighted by molar-refractivity contribution is 5.56. The Morgan fingerprint density at radius 2 is 1.92 bits per heavy atom. The monoisotopic (exact) mass is 176 g/mol. The van der Waals surface area contributed by atoms with Crippen LogP contribution in [0.1, 0.15) is 37.5 Å². The van der Waals surface area contributed by atoms with Crippen molar-refractivity contribution in [3.8, 4) is 0 Å². The summed E-state index contributed by atoms with van der Waals surface area (Å²) < 4.78 is 0. The maximum absolute atomic E-state index is 9.51. The zero-order chi connectivity index (χ0) is 9.68. The Labute approximate surface area is 79.7 Å². The molecule has 0 aromatic heterocycles. The van der Waals surface area contributed by atoms with E-state index in [0.717, 1.165) is 17.5 Å². The molecule has 0 spiro atoms. The number of aliphatic hydroxyl groups excluding tert-OH is 1. The Bertz CT molecular complexity index is 289. The van der Waals surface area contributed by atoms with Crippen LogP contribution < -0.4 is 0 Å². The summed E-state index contributed by atoms with van der Waals surface area (Å²) in [7, 11) is 0. The summed E-state index contributed by atoms with van der Waals surface area (Å²) in [5.41, 5.74) is 2.20. The third-order valence-corrected chi connectivity index (χ3v) is 2.01. The second kappa shape index (κ2) is 4.83. The zero-order valence-corrected chi connectivity index (χ0v) is 8.20. The third-order valence-electron chi connectivity index (χ3n) is 2.01. The molecule has 0 fully saturated rings. The first-order valence-electron chi connectivity index (χ1n) is 4.81. The van der Waals surface area contributed by atoms with Crippen molar-refractivity contribution in [3.63, 3.8) is 0 Å². The van der Waals surface area contributed by atoms with Crippen LogP contribution in [0.3, 0.4) is 0 Å². The molecule has 0 bridgehead atoms. The molecule has 0 saturated carbocycles. The molecule has 1 aromatic rings. The van der Waals surface area contributed by atoms with E-state index in [-0.39, 0.29) is 6.10 Å². The molecule has 1 aliphatic rings. The fourth-order valence-corrected chi connectivity index (χ4v) is 1.42. The fourth-order valence-electron chi connectivity index (χ4n) is 1.42. The molecule has 1 atom stereocenters. The first kappa shape index (κ1) is 10.0. The van der Waals surface area contributed by atoms with Crippen LogP contribution in [0.4, 0.5) is 0 Å². The van der Waals surface area contributed by atoms with Gasteiger partial charge in [-0.1, -0.05) is 50.3 Å². The van der Waals surface area contributed by atoms with Crippen molar-refractivity contribution in [1.29, 1.82) is 0 Å². The van der Waals surface area contributed by atoms with Gasteiger partial charge in [-0.05, 0) is 17.5 Å². The quantitative estimate of drug-likeness (QED) is 0.643. The highest BCUT2D eigenvalue weighted by atomic mass is 16.3. The molecule has 0 saturated heterocycles. The van der Waals surface area contributed by atoms with Crippen molar-refractivity contribution < 1.29 is 5.11 Å². The van der Waals surface area contributed by atoms with Gasteiger partial charge in [-0.3, -0.25) is 0 Å². The van der Waals surface area contributed by atoms with Crippen molar-refractivity contribution in [1.82, 2.24) is 0 Å². The second-order valence-corrected chi connectivity index (χ2v) is 2.78. The summed E-state index contributed by atoms with van der Waals surface area (Å²) in [6, 6.07) is 7.94. The molecule has 2 rings (SSSR count). The molecule has 1 nitrogen and oxygen atoms in total. The lowest BCUT2D eigenvalue weighted by molar-refractivity contribution is 0.180. The summed E-state index contributed by atoms with van der Waals surface area (Å²) in [5.74, 6) is 0. The summed E-state index contributed by atoms with van der Waals surface area (Å²) in [5, 5.41) is 9.51. The molecule has 0 heterocycles. The lowest BCUT2D eigenvalue weighted by Gasteiger charge is -2.15. The standard InChI is InChI=1S/C10H10O.C2H6/c11-10-7-3-5-8-4-1-2-6-9(8)10;1-2/h1-6,10-11H,7H2;1-2H3. The Hall–Kier alpha value is -1.08. The summed E-state index contributed by atoms with van der Waals surface area (Å²) in [6.45, 7) is 4.00. The molecular weight excluding hydrogens is 160 g/mol. The first-order valence-corrected chi connectivity index (χ1v) is 4.81. The predicted octanol–water partition coefficient (Wildman–Crippen LogP) is 3.16. The van der Waals surface area contributed by atoms with E-state index in [1.807, 2.05) is 44.2 Å². The van der Waals surface area contributed by atoms with Crippen molar-refractivity contribution in [2.75, 3.05) is 0 Å². The van der Waals surface area contributed by atoms with Crippen molar-refractivity contribution in [3.05, 3.63) is 41.5 Å². The minimum absolute atomic E-state index is 0.295. The van der Waals surface area contributed by atoms with Gasteiger partial charge in [-0.2, -0.15) is 0 Å². The Kier molecular flexibility index (Phi) is 3.71. The average Bonchev–Trinajstić information content (AvgIpc) is 2.22. The van der Waals surface area contributed by atoms with E-state index in [1.54, 1.807) is 0 Å². The van der Waals surface area contributed by atoms with Crippen LogP contribution in [0.2, 0.25) is 0 Å². The van der Waals surface area contributed by atoms with Crippen LogP contribution in [-0.4, -0.2) is 5.11 Å². The van der Waals surface area contributed by atoms with E-state index in [0.29, 0.717) is 0 Å². The summed E-state index contributed by atoms with van der Waals surface area (Å²) in [4.78, 5) is 0. The number of hydrogen-bond acceptors (Lipinski definition) is 1. The minimum Gasteiger partial charge on any atom is -0.388 e. The molecule has 1 aliphatic carbocycles. The fraction of sp³-hybridized carbons (Fsp3) is 0.333. The third kappa shape index (κ3) is 2.19. The van der Waals surface area contributed by atoms with Gasteiger partial charge in [-0.15, -0.1) is 0 Å². The summed E-state index contributed by atoms with van der Waals surface area (Å²) >= 11 is 0. The second-order valence-electron chi connectivity index (χ2n) is 2.78. The minimum atomic E-state index is -0.295. The number of hydrogen-bond donors (Lipinski definition) is 1. The predicted molar refractivity (Wildman–Crippen MR) is 56.4 cm³/mol. The smallest absolute Gasteiger partial charge is 0.0830 e. The lowest BCUT2D eigenvalue weighted by atomic mass is 9.95. The molecular formula is C12H16O. The number of benzene rings is 1. The van der Waals surface area contributed by atoms with Crippen molar-refractivity contribution >= 4 is 6.08 Å². The van der Waals surface area contributed by atoms with Crippen molar-refractivity contribution in [2.24, 2.45) is 0 Å². The van der Waals surface area contributed by atoms with E-state index in [1.165, 1.54) is 0 Å². The number of fused-ring (bicyclic) bond motifs is 1. The lowest BCUT2D eigenvalue weighted by Crippen LogP contribution is -2.01. The number of aliphatic hydroxyl groups is 1. The molecule has 1 unspecified atom stereocenters. The van der Waals surface area contributed by atoms with Gasteiger partial charge in [0.1, 0.15) is 0 Å². The van der Waals surface area contributed by atoms with E-state index in [9.17, 15) is 5.11 Å². The van der Waals surface area contributed by atoms with E-state index in [2.05, 4.69) is 6.08 Å². The SMILES string of the molecule is CC.OC1CC=Cc2ccccc21. The van der Waals surface area contributed by atoms with Crippen LogP contribution in [0.15, 0.2) is 30.3 Å². The van der Waals surface area contributed by atoms with E-state index in [4.69, 9.17) is 0 Å². The van der Waals surface area contributed by atoms with Gasteiger partial charge in [0.05, 0.1) is 6.10 Å². The van der Waals surface area contributed by atoms with E-state index >= 15 is 0 Å². The van der Waals surface area contributed by atoms with Gasteiger partial charge in [-0.25, -0.2) is 0 Å². The Morgan fingerprint density at radius 3 is 2.62 bits per heavy atom. The molecule has 1 heteroatoms. The number of rotatable bonds is 0. The van der Waals surface area contributed by atoms with Crippen LogP contribution >= 0.6 is 0 Å². The zero-order valence-electron chi connectivity index (χ0n) is 8.20. The van der Waals surface area contributed by atoms with Crippen LogP contribution in [0.5, 0.6) is 0 Å². The van der Waals surface area contributed by atoms with Gasteiger partial charge < -0.3 is 5.11 Å². The van der Waals surface area contributed by atoms with Crippen LogP contribution in [0, 0.1) is 0 Å². The summed E-state index contributed by atoms with van der Waals surface area (Å²) in [6.07, 6.45) is 4.52. The van der Waals surface area contributed by atoms with Gasteiger partial charge in [0.25, 0.3) is 0 Å².